The number of sulfonamides is 1. The maximum atomic E-state index is 11.9. The molecule has 0 spiro atoms. The van der Waals surface area contributed by atoms with E-state index in [4.69, 9.17) is 0 Å². The molecule has 0 aliphatic heterocycles. The van der Waals surface area contributed by atoms with Crippen molar-refractivity contribution in [2.24, 2.45) is 4.40 Å². The molecule has 2 aromatic rings. The summed E-state index contributed by atoms with van der Waals surface area (Å²) in [6.45, 7) is 0. The topological polar surface area (TPSA) is 63.6 Å². The Morgan fingerprint density at radius 1 is 1.00 bits per heavy atom. The van der Waals surface area contributed by atoms with Gasteiger partial charge < -0.3 is 0 Å². The van der Waals surface area contributed by atoms with Gasteiger partial charge in [-0.2, -0.15) is 12.8 Å². The second-order valence-corrected chi connectivity index (χ2v) is 7.06. The maximum Gasteiger partial charge on any atom is 0.282 e. The van der Waals surface area contributed by atoms with Gasteiger partial charge in [-0.05, 0) is 29.8 Å². The van der Waals surface area contributed by atoms with Crippen LogP contribution in [0, 0.1) is 0 Å². The zero-order chi connectivity index (χ0) is 14.6. The van der Waals surface area contributed by atoms with Crippen molar-refractivity contribution in [1.82, 2.24) is 0 Å². The van der Waals surface area contributed by atoms with Gasteiger partial charge in [0.15, 0.2) is 0 Å². The predicted octanol–water partition coefficient (Wildman–Crippen LogP) is 2.23. The Morgan fingerprint density at radius 2 is 1.60 bits per heavy atom. The average Bonchev–Trinajstić information content (AvgIpc) is 2.46. The Kier molecular flexibility index (Phi) is 4.46. The lowest BCUT2D eigenvalue weighted by atomic mass is 10.2. The SMILES string of the molecule is CS(=O)c1ccc(/C=N/S(=O)(=O)c2ccccc2)cc1. The van der Waals surface area contributed by atoms with E-state index in [0.29, 0.717) is 10.5 Å². The Balaban J connectivity index is 2.23. The second kappa shape index (κ2) is 6.11. The summed E-state index contributed by atoms with van der Waals surface area (Å²) in [5, 5.41) is 0. The van der Waals surface area contributed by atoms with E-state index in [-0.39, 0.29) is 4.90 Å². The van der Waals surface area contributed by atoms with E-state index in [1.807, 2.05) is 0 Å². The molecule has 4 nitrogen and oxygen atoms in total. The van der Waals surface area contributed by atoms with Gasteiger partial charge in [0, 0.05) is 28.2 Å². The van der Waals surface area contributed by atoms with E-state index in [9.17, 15) is 12.6 Å². The number of benzene rings is 2. The lowest BCUT2D eigenvalue weighted by Crippen LogP contribution is -1.97. The number of rotatable bonds is 4. The molecule has 0 saturated heterocycles. The summed E-state index contributed by atoms with van der Waals surface area (Å²) in [6, 6.07) is 14.8. The molecule has 0 aromatic heterocycles. The smallest absolute Gasteiger partial charge is 0.255 e. The molecular formula is C14H13NO3S2. The van der Waals surface area contributed by atoms with E-state index in [2.05, 4.69) is 4.40 Å². The third-order valence-corrected chi connectivity index (χ3v) is 4.78. The molecule has 0 saturated carbocycles. The summed E-state index contributed by atoms with van der Waals surface area (Å²) in [7, 11) is -4.73. The monoisotopic (exact) mass is 307 g/mol. The van der Waals surface area contributed by atoms with E-state index in [1.54, 1.807) is 48.7 Å². The van der Waals surface area contributed by atoms with Crippen LogP contribution in [0.15, 0.2) is 68.8 Å². The molecule has 0 N–H and O–H groups in total. The van der Waals surface area contributed by atoms with Crippen LogP contribution in [0.4, 0.5) is 0 Å². The summed E-state index contributed by atoms with van der Waals surface area (Å²) in [4.78, 5) is 0.843. The lowest BCUT2D eigenvalue weighted by molar-refractivity contribution is 0.598. The minimum Gasteiger partial charge on any atom is -0.255 e. The molecule has 0 fully saturated rings. The van der Waals surface area contributed by atoms with Gasteiger partial charge in [-0.25, -0.2) is 0 Å². The minimum atomic E-state index is -3.68. The average molecular weight is 307 g/mol. The zero-order valence-corrected chi connectivity index (χ0v) is 12.4. The van der Waals surface area contributed by atoms with Gasteiger partial charge in [0.25, 0.3) is 10.0 Å². The van der Waals surface area contributed by atoms with Crippen LogP contribution in [0.1, 0.15) is 5.56 Å². The first-order valence-corrected chi connectivity index (χ1v) is 8.78. The van der Waals surface area contributed by atoms with Gasteiger partial charge in [0.05, 0.1) is 4.90 Å². The molecule has 0 amide bonds. The van der Waals surface area contributed by atoms with Crippen LogP contribution in [0.25, 0.3) is 0 Å². The van der Waals surface area contributed by atoms with E-state index in [1.165, 1.54) is 18.3 Å². The first-order chi connectivity index (χ1) is 9.49. The Labute approximate surface area is 120 Å². The standard InChI is InChI=1S/C14H13NO3S2/c1-19(16)13-9-7-12(8-10-13)11-15-20(17,18)14-5-3-2-4-6-14/h2-11H,1H3/b15-11+. The summed E-state index contributed by atoms with van der Waals surface area (Å²) < 4.78 is 38.8. The van der Waals surface area contributed by atoms with Gasteiger partial charge in [0.1, 0.15) is 0 Å². The maximum absolute atomic E-state index is 11.9. The molecule has 0 aliphatic rings. The van der Waals surface area contributed by atoms with Crippen LogP contribution in [0.2, 0.25) is 0 Å². The largest absolute Gasteiger partial charge is 0.282 e. The number of hydrogen-bond donors (Lipinski definition) is 0. The molecule has 0 aliphatic carbocycles. The van der Waals surface area contributed by atoms with Crippen LogP contribution >= 0.6 is 0 Å². The molecule has 0 bridgehead atoms. The molecule has 2 rings (SSSR count). The van der Waals surface area contributed by atoms with Gasteiger partial charge in [0.2, 0.25) is 0 Å². The number of nitrogens with zero attached hydrogens (tertiary/aromatic N) is 1. The quantitative estimate of drug-likeness (QED) is 0.814. The van der Waals surface area contributed by atoms with Gasteiger partial charge in [-0.1, -0.05) is 30.3 Å². The van der Waals surface area contributed by atoms with Crippen molar-refractivity contribution in [3.8, 4) is 0 Å². The van der Waals surface area contributed by atoms with Crippen molar-refractivity contribution < 1.29 is 12.6 Å². The highest BCUT2D eigenvalue weighted by atomic mass is 32.2. The third kappa shape index (κ3) is 3.61. The summed E-state index contributed by atoms with van der Waals surface area (Å²) in [5.41, 5.74) is 0.638. The highest BCUT2D eigenvalue weighted by Crippen LogP contribution is 2.12. The molecular weight excluding hydrogens is 294 g/mol. The highest BCUT2D eigenvalue weighted by molar-refractivity contribution is 7.90. The van der Waals surface area contributed by atoms with Crippen LogP contribution in [-0.4, -0.2) is 25.1 Å². The van der Waals surface area contributed by atoms with E-state index >= 15 is 0 Å². The molecule has 0 heterocycles. The first-order valence-electron chi connectivity index (χ1n) is 5.78. The predicted molar refractivity (Wildman–Crippen MR) is 80.0 cm³/mol. The molecule has 6 heteroatoms. The number of hydrogen-bond acceptors (Lipinski definition) is 3. The molecule has 2 aromatic carbocycles. The Hall–Kier alpha value is -1.79. The molecule has 20 heavy (non-hydrogen) atoms. The van der Waals surface area contributed by atoms with E-state index < -0.39 is 20.8 Å². The third-order valence-electron chi connectivity index (χ3n) is 2.59. The van der Waals surface area contributed by atoms with E-state index in [0.717, 1.165) is 0 Å². The second-order valence-electron chi connectivity index (χ2n) is 4.05. The Morgan fingerprint density at radius 3 is 2.15 bits per heavy atom. The molecule has 1 atom stereocenters. The summed E-state index contributed by atoms with van der Waals surface area (Å²) in [6.07, 6.45) is 2.87. The van der Waals surface area contributed by atoms with Crippen LogP contribution in [0.5, 0.6) is 0 Å². The molecule has 0 radical (unpaired) electrons. The van der Waals surface area contributed by atoms with Crippen molar-refractivity contribution in [3.63, 3.8) is 0 Å². The van der Waals surface area contributed by atoms with Gasteiger partial charge in [-0.15, -0.1) is 0 Å². The molecule has 1 unspecified atom stereocenters. The fourth-order valence-corrected chi connectivity index (χ4v) is 2.93. The fourth-order valence-electron chi connectivity index (χ4n) is 1.53. The fraction of sp³-hybridized carbons (Fsp3) is 0.0714. The summed E-state index contributed by atoms with van der Waals surface area (Å²) >= 11 is 0. The van der Waals surface area contributed by atoms with Crippen molar-refractivity contribution in [2.45, 2.75) is 9.79 Å². The van der Waals surface area contributed by atoms with Crippen molar-refractivity contribution >= 4 is 27.0 Å². The zero-order valence-electron chi connectivity index (χ0n) is 10.8. The minimum absolute atomic E-state index is 0.155. The van der Waals surface area contributed by atoms with Crippen LogP contribution in [0.3, 0.4) is 0 Å². The van der Waals surface area contributed by atoms with Crippen molar-refractivity contribution in [3.05, 3.63) is 60.2 Å². The van der Waals surface area contributed by atoms with Crippen molar-refractivity contribution in [1.29, 1.82) is 0 Å². The summed E-state index contributed by atoms with van der Waals surface area (Å²) in [5.74, 6) is 0. The first kappa shape index (κ1) is 14.6. The van der Waals surface area contributed by atoms with Crippen LogP contribution < -0.4 is 0 Å². The van der Waals surface area contributed by atoms with Gasteiger partial charge >= 0.3 is 0 Å². The normalized spacial score (nSPS) is 13.4. The molecule has 104 valence electrons. The Bertz CT molecular complexity index is 736. The van der Waals surface area contributed by atoms with Crippen molar-refractivity contribution in [2.75, 3.05) is 6.26 Å². The lowest BCUT2D eigenvalue weighted by Gasteiger charge is -1.99. The van der Waals surface area contributed by atoms with Gasteiger partial charge in [-0.3, -0.25) is 4.21 Å². The highest BCUT2D eigenvalue weighted by Gasteiger charge is 2.10. The van der Waals surface area contributed by atoms with Crippen LogP contribution in [-0.2, 0) is 20.8 Å².